The first kappa shape index (κ1) is 11.9. The Morgan fingerprint density at radius 2 is 2.25 bits per heavy atom. The van der Waals surface area contributed by atoms with E-state index in [0.717, 1.165) is 12.3 Å². The fourth-order valence-electron chi connectivity index (χ4n) is 1.75. The molecule has 2 rings (SSSR count). The molecule has 16 heavy (non-hydrogen) atoms. The Labute approximate surface area is 100 Å². The fraction of sp³-hybridized carbons (Fsp3) is 0.818. The molecule has 0 aliphatic carbocycles. The molecule has 0 aromatic carbocycles. The lowest BCUT2D eigenvalue weighted by molar-refractivity contribution is 0.356. The molecule has 1 aromatic rings. The molecule has 1 fully saturated rings. The van der Waals surface area contributed by atoms with E-state index < -0.39 is 0 Å². The Hall–Kier alpha value is -0.550. The molecule has 0 amide bonds. The number of thioether (sulfide) groups is 1. The summed E-state index contributed by atoms with van der Waals surface area (Å²) in [4.78, 5) is 4.43. The van der Waals surface area contributed by atoms with Crippen LogP contribution in [-0.4, -0.2) is 15.9 Å². The van der Waals surface area contributed by atoms with Crippen LogP contribution in [0.25, 0.3) is 0 Å². The van der Waals surface area contributed by atoms with Crippen LogP contribution >= 0.6 is 11.8 Å². The van der Waals surface area contributed by atoms with Gasteiger partial charge in [0.1, 0.15) is 0 Å². The molecule has 0 saturated carbocycles. The third kappa shape index (κ3) is 2.58. The molecule has 1 aliphatic rings. The van der Waals surface area contributed by atoms with E-state index >= 15 is 0 Å². The van der Waals surface area contributed by atoms with Crippen molar-refractivity contribution in [1.82, 2.24) is 10.1 Å². The van der Waals surface area contributed by atoms with Crippen LogP contribution < -0.4 is 5.73 Å². The van der Waals surface area contributed by atoms with E-state index in [1.807, 2.05) is 11.8 Å². The number of nitrogens with two attached hydrogens (primary N) is 1. The Kier molecular flexibility index (Phi) is 3.86. The number of aromatic nitrogens is 2. The van der Waals surface area contributed by atoms with E-state index in [1.54, 1.807) is 0 Å². The largest absolute Gasteiger partial charge is 0.338 e. The minimum Gasteiger partial charge on any atom is -0.338 e. The highest BCUT2D eigenvalue weighted by Crippen LogP contribution is 2.37. The number of nitrogens with zero attached hydrogens (tertiary/aromatic N) is 2. The van der Waals surface area contributed by atoms with Crippen LogP contribution in [-0.2, 0) is 0 Å². The van der Waals surface area contributed by atoms with Crippen LogP contribution in [0.4, 0.5) is 0 Å². The maximum atomic E-state index is 5.99. The zero-order valence-corrected chi connectivity index (χ0v) is 10.7. The molecule has 90 valence electrons. The van der Waals surface area contributed by atoms with Gasteiger partial charge in [-0.2, -0.15) is 4.98 Å². The lowest BCUT2D eigenvalue weighted by atomic mass is 10.1. The molecule has 2 heterocycles. The second-order valence-electron chi connectivity index (χ2n) is 4.62. The van der Waals surface area contributed by atoms with Crippen molar-refractivity contribution in [3.63, 3.8) is 0 Å². The molecular formula is C11H19N3OS. The summed E-state index contributed by atoms with van der Waals surface area (Å²) in [5.41, 5.74) is 5.99. The van der Waals surface area contributed by atoms with Gasteiger partial charge in [0.05, 0.1) is 11.3 Å². The fourth-order valence-corrected chi connectivity index (χ4v) is 2.97. The summed E-state index contributed by atoms with van der Waals surface area (Å²) in [6.45, 7) is 4.13. The topological polar surface area (TPSA) is 64.9 Å². The van der Waals surface area contributed by atoms with E-state index in [9.17, 15) is 0 Å². The molecule has 0 radical (unpaired) electrons. The van der Waals surface area contributed by atoms with Gasteiger partial charge in [0, 0.05) is 0 Å². The zero-order chi connectivity index (χ0) is 11.5. The van der Waals surface area contributed by atoms with Gasteiger partial charge in [-0.05, 0) is 24.5 Å². The van der Waals surface area contributed by atoms with E-state index in [2.05, 4.69) is 24.0 Å². The summed E-state index contributed by atoms with van der Waals surface area (Å²) in [6, 6.07) is -0.119. The van der Waals surface area contributed by atoms with Crippen molar-refractivity contribution < 1.29 is 4.52 Å². The van der Waals surface area contributed by atoms with Gasteiger partial charge in [0.15, 0.2) is 5.82 Å². The number of hydrogen-bond donors (Lipinski definition) is 1. The van der Waals surface area contributed by atoms with Crippen molar-refractivity contribution in [3.8, 4) is 0 Å². The highest BCUT2D eigenvalue weighted by molar-refractivity contribution is 7.99. The van der Waals surface area contributed by atoms with Gasteiger partial charge in [-0.25, -0.2) is 0 Å². The van der Waals surface area contributed by atoms with E-state index in [1.165, 1.54) is 18.6 Å². The van der Waals surface area contributed by atoms with Crippen LogP contribution in [0.3, 0.4) is 0 Å². The Morgan fingerprint density at radius 3 is 2.88 bits per heavy atom. The Bertz CT molecular complexity index is 334. The predicted octanol–water partition coefficient (Wildman–Crippen LogP) is 2.68. The third-order valence-corrected chi connectivity index (χ3v) is 4.29. The molecule has 2 N–H and O–H groups in total. The van der Waals surface area contributed by atoms with Crippen molar-refractivity contribution in [2.45, 2.75) is 44.4 Å². The first-order chi connectivity index (χ1) is 7.68. The summed E-state index contributed by atoms with van der Waals surface area (Å²) < 4.78 is 5.31. The van der Waals surface area contributed by atoms with Crippen molar-refractivity contribution in [3.05, 3.63) is 11.7 Å². The smallest absolute Gasteiger partial charge is 0.239 e. The molecule has 2 unspecified atom stereocenters. The van der Waals surface area contributed by atoms with E-state index in [0.29, 0.717) is 17.0 Å². The quantitative estimate of drug-likeness (QED) is 0.881. The monoisotopic (exact) mass is 241 g/mol. The van der Waals surface area contributed by atoms with Gasteiger partial charge >= 0.3 is 0 Å². The van der Waals surface area contributed by atoms with Crippen molar-refractivity contribution in [1.29, 1.82) is 0 Å². The predicted molar refractivity (Wildman–Crippen MR) is 65.1 cm³/mol. The van der Waals surface area contributed by atoms with Crippen LogP contribution in [0.1, 0.15) is 56.1 Å². The van der Waals surface area contributed by atoms with Gasteiger partial charge in [0.2, 0.25) is 5.89 Å². The second-order valence-corrected chi connectivity index (χ2v) is 5.93. The summed E-state index contributed by atoms with van der Waals surface area (Å²) in [6.07, 6.45) is 3.70. The van der Waals surface area contributed by atoms with E-state index in [4.69, 9.17) is 10.3 Å². The second kappa shape index (κ2) is 5.19. The molecule has 1 saturated heterocycles. The minimum atomic E-state index is -0.119. The molecule has 5 heteroatoms. The van der Waals surface area contributed by atoms with Crippen molar-refractivity contribution >= 4 is 11.8 Å². The van der Waals surface area contributed by atoms with E-state index in [-0.39, 0.29) is 6.04 Å². The SMILES string of the molecule is CC(C)C(N)c1noc(C2CCCCS2)n1. The Balaban J connectivity index is 2.06. The Morgan fingerprint density at radius 1 is 1.44 bits per heavy atom. The molecule has 1 aliphatic heterocycles. The van der Waals surface area contributed by atoms with Crippen LogP contribution in [0.15, 0.2) is 4.52 Å². The first-order valence-corrected chi connectivity index (χ1v) is 6.94. The standard InChI is InChI=1S/C11H19N3OS/c1-7(2)9(12)10-13-11(15-14-10)8-5-3-4-6-16-8/h7-9H,3-6,12H2,1-2H3. The highest BCUT2D eigenvalue weighted by Gasteiger charge is 2.24. The van der Waals surface area contributed by atoms with Crippen molar-refractivity contribution in [2.75, 3.05) is 5.75 Å². The molecular weight excluding hydrogens is 222 g/mol. The maximum absolute atomic E-state index is 5.99. The molecule has 0 bridgehead atoms. The van der Waals surface area contributed by atoms with Crippen LogP contribution in [0, 0.1) is 5.92 Å². The summed E-state index contributed by atoms with van der Waals surface area (Å²) >= 11 is 1.91. The van der Waals surface area contributed by atoms with Gasteiger partial charge in [0.25, 0.3) is 0 Å². The summed E-state index contributed by atoms with van der Waals surface area (Å²) in [7, 11) is 0. The summed E-state index contributed by atoms with van der Waals surface area (Å²) in [5, 5.41) is 4.37. The van der Waals surface area contributed by atoms with Gasteiger partial charge in [-0.1, -0.05) is 25.4 Å². The van der Waals surface area contributed by atoms with Crippen LogP contribution in [0.2, 0.25) is 0 Å². The first-order valence-electron chi connectivity index (χ1n) is 5.89. The normalized spacial score (nSPS) is 23.6. The molecule has 0 spiro atoms. The third-order valence-electron chi connectivity index (χ3n) is 2.93. The zero-order valence-electron chi connectivity index (χ0n) is 9.85. The van der Waals surface area contributed by atoms with Crippen LogP contribution in [0.5, 0.6) is 0 Å². The number of hydrogen-bond acceptors (Lipinski definition) is 5. The average Bonchev–Trinajstić information content (AvgIpc) is 2.78. The number of rotatable bonds is 3. The van der Waals surface area contributed by atoms with Gasteiger partial charge < -0.3 is 10.3 Å². The minimum absolute atomic E-state index is 0.119. The molecule has 1 aromatic heterocycles. The maximum Gasteiger partial charge on any atom is 0.239 e. The lowest BCUT2D eigenvalue weighted by Gasteiger charge is -2.17. The average molecular weight is 241 g/mol. The molecule has 4 nitrogen and oxygen atoms in total. The molecule has 2 atom stereocenters. The van der Waals surface area contributed by atoms with Gasteiger partial charge in [-0.3, -0.25) is 0 Å². The highest BCUT2D eigenvalue weighted by atomic mass is 32.2. The van der Waals surface area contributed by atoms with Crippen molar-refractivity contribution in [2.24, 2.45) is 11.7 Å². The summed E-state index contributed by atoms with van der Waals surface area (Å²) in [5.74, 6) is 2.94. The lowest BCUT2D eigenvalue weighted by Crippen LogP contribution is -2.18. The van der Waals surface area contributed by atoms with Gasteiger partial charge in [-0.15, -0.1) is 11.8 Å².